The van der Waals surface area contributed by atoms with Crippen LogP contribution < -0.4 is 0 Å². The van der Waals surface area contributed by atoms with Crippen LogP contribution in [0.4, 0.5) is 0 Å². The Morgan fingerprint density at radius 1 is 1.10 bits per heavy atom. The lowest BCUT2D eigenvalue weighted by atomic mass is 10.1. The molecule has 0 unspecified atom stereocenters. The SMILES string of the molecule is CC(C)(C)N1CCN(S(=O)(=O)c2ccccc2CO)CC1. The first-order chi connectivity index (χ1) is 9.76. The topological polar surface area (TPSA) is 60.9 Å². The third-order valence-electron chi connectivity index (χ3n) is 3.95. The van der Waals surface area contributed by atoms with Gasteiger partial charge in [0.1, 0.15) is 0 Å². The summed E-state index contributed by atoms with van der Waals surface area (Å²) in [6.45, 7) is 8.57. The first-order valence-corrected chi connectivity index (χ1v) is 8.65. The molecule has 21 heavy (non-hydrogen) atoms. The Morgan fingerprint density at radius 3 is 2.19 bits per heavy atom. The van der Waals surface area contributed by atoms with Crippen molar-refractivity contribution in [3.63, 3.8) is 0 Å². The summed E-state index contributed by atoms with van der Waals surface area (Å²) in [6, 6.07) is 6.65. The molecule has 1 aliphatic rings. The van der Waals surface area contributed by atoms with E-state index in [-0.39, 0.29) is 17.0 Å². The number of hydrogen-bond donors (Lipinski definition) is 1. The molecule has 2 rings (SSSR count). The number of hydrogen-bond acceptors (Lipinski definition) is 4. The maximum Gasteiger partial charge on any atom is 0.243 e. The van der Waals surface area contributed by atoms with E-state index in [0.717, 1.165) is 13.1 Å². The summed E-state index contributed by atoms with van der Waals surface area (Å²) in [4.78, 5) is 2.51. The van der Waals surface area contributed by atoms with Crippen molar-refractivity contribution in [1.29, 1.82) is 0 Å². The molecule has 118 valence electrons. The summed E-state index contributed by atoms with van der Waals surface area (Å²) in [6.07, 6.45) is 0. The molecule has 0 spiro atoms. The van der Waals surface area contributed by atoms with E-state index in [2.05, 4.69) is 25.7 Å². The molecule has 0 saturated carbocycles. The average molecular weight is 312 g/mol. The molecular weight excluding hydrogens is 288 g/mol. The molecule has 1 N–H and O–H groups in total. The highest BCUT2D eigenvalue weighted by atomic mass is 32.2. The summed E-state index contributed by atoms with van der Waals surface area (Å²) < 4.78 is 27.0. The zero-order valence-corrected chi connectivity index (χ0v) is 13.7. The van der Waals surface area contributed by atoms with E-state index < -0.39 is 10.0 Å². The Kier molecular flexibility index (Phi) is 4.72. The minimum absolute atomic E-state index is 0.0544. The quantitative estimate of drug-likeness (QED) is 0.913. The normalized spacial score (nSPS) is 18.9. The maximum atomic E-state index is 12.7. The van der Waals surface area contributed by atoms with E-state index in [4.69, 9.17) is 0 Å². The lowest BCUT2D eigenvalue weighted by Crippen LogP contribution is -2.54. The van der Waals surface area contributed by atoms with Gasteiger partial charge in [0.25, 0.3) is 0 Å². The molecule has 1 heterocycles. The summed E-state index contributed by atoms with van der Waals surface area (Å²) in [5, 5.41) is 9.34. The van der Waals surface area contributed by atoms with E-state index in [0.29, 0.717) is 18.7 Å². The van der Waals surface area contributed by atoms with Gasteiger partial charge in [-0.15, -0.1) is 0 Å². The number of rotatable bonds is 3. The van der Waals surface area contributed by atoms with Crippen LogP contribution in [-0.2, 0) is 16.6 Å². The highest BCUT2D eigenvalue weighted by molar-refractivity contribution is 7.89. The van der Waals surface area contributed by atoms with Crippen LogP contribution in [0.2, 0.25) is 0 Å². The molecule has 1 aromatic carbocycles. The van der Waals surface area contributed by atoms with E-state index in [1.165, 1.54) is 4.31 Å². The van der Waals surface area contributed by atoms with Crippen molar-refractivity contribution in [2.24, 2.45) is 0 Å². The molecule has 1 aromatic rings. The molecule has 1 fully saturated rings. The Balaban J connectivity index is 2.19. The van der Waals surface area contributed by atoms with Crippen molar-refractivity contribution in [2.75, 3.05) is 26.2 Å². The molecule has 5 nitrogen and oxygen atoms in total. The molecular formula is C15H24N2O3S. The van der Waals surface area contributed by atoms with Gasteiger partial charge in [0, 0.05) is 31.7 Å². The predicted molar refractivity (Wildman–Crippen MR) is 82.4 cm³/mol. The minimum Gasteiger partial charge on any atom is -0.392 e. The number of aliphatic hydroxyl groups is 1. The van der Waals surface area contributed by atoms with Gasteiger partial charge in [-0.2, -0.15) is 4.31 Å². The average Bonchev–Trinajstić information content (AvgIpc) is 2.46. The van der Waals surface area contributed by atoms with Gasteiger partial charge >= 0.3 is 0 Å². The Labute approximate surface area is 127 Å². The van der Waals surface area contributed by atoms with E-state index in [9.17, 15) is 13.5 Å². The van der Waals surface area contributed by atoms with Crippen molar-refractivity contribution in [3.8, 4) is 0 Å². The molecule has 1 aliphatic heterocycles. The first-order valence-electron chi connectivity index (χ1n) is 7.21. The van der Waals surface area contributed by atoms with Gasteiger partial charge < -0.3 is 5.11 Å². The van der Waals surface area contributed by atoms with Crippen LogP contribution in [0.3, 0.4) is 0 Å². The second-order valence-electron chi connectivity index (χ2n) is 6.33. The third-order valence-corrected chi connectivity index (χ3v) is 5.95. The molecule has 0 aromatic heterocycles. The van der Waals surface area contributed by atoms with Crippen LogP contribution in [-0.4, -0.2) is 54.4 Å². The van der Waals surface area contributed by atoms with Crippen molar-refractivity contribution in [1.82, 2.24) is 9.21 Å². The Bertz CT molecular complexity index is 585. The Morgan fingerprint density at radius 2 is 1.67 bits per heavy atom. The number of aliphatic hydroxyl groups excluding tert-OH is 1. The van der Waals surface area contributed by atoms with Crippen LogP contribution >= 0.6 is 0 Å². The molecule has 0 amide bonds. The standard InChI is InChI=1S/C15H24N2O3S/c1-15(2,3)16-8-10-17(11-9-16)21(19,20)14-7-5-4-6-13(14)12-18/h4-7,18H,8-12H2,1-3H3. The summed E-state index contributed by atoms with van der Waals surface area (Å²) in [7, 11) is -3.53. The van der Waals surface area contributed by atoms with Crippen LogP contribution in [0.25, 0.3) is 0 Å². The first kappa shape index (κ1) is 16.4. The lowest BCUT2D eigenvalue weighted by molar-refractivity contribution is 0.0921. The zero-order chi connectivity index (χ0) is 15.7. The van der Waals surface area contributed by atoms with E-state index in [1.807, 2.05) is 0 Å². The lowest BCUT2D eigenvalue weighted by Gasteiger charge is -2.41. The largest absolute Gasteiger partial charge is 0.392 e. The van der Waals surface area contributed by atoms with Gasteiger partial charge in [0.15, 0.2) is 0 Å². The third kappa shape index (κ3) is 3.45. The monoisotopic (exact) mass is 312 g/mol. The number of sulfonamides is 1. The predicted octanol–water partition coefficient (Wildman–Crippen LogP) is 1.28. The van der Waals surface area contributed by atoms with Crippen LogP contribution in [0.1, 0.15) is 26.3 Å². The van der Waals surface area contributed by atoms with Gasteiger partial charge in [0.2, 0.25) is 10.0 Å². The number of piperazine rings is 1. The number of benzene rings is 1. The van der Waals surface area contributed by atoms with Crippen molar-refractivity contribution in [3.05, 3.63) is 29.8 Å². The van der Waals surface area contributed by atoms with Gasteiger partial charge in [-0.3, -0.25) is 4.90 Å². The van der Waals surface area contributed by atoms with Crippen LogP contribution in [0, 0.1) is 0 Å². The van der Waals surface area contributed by atoms with Gasteiger partial charge in [0.05, 0.1) is 11.5 Å². The summed E-state index contributed by atoms with van der Waals surface area (Å²) >= 11 is 0. The zero-order valence-electron chi connectivity index (χ0n) is 12.9. The molecule has 0 aliphatic carbocycles. The fraction of sp³-hybridized carbons (Fsp3) is 0.600. The number of nitrogens with zero attached hydrogens (tertiary/aromatic N) is 2. The van der Waals surface area contributed by atoms with Crippen molar-refractivity contribution in [2.45, 2.75) is 37.8 Å². The maximum absolute atomic E-state index is 12.7. The fourth-order valence-electron chi connectivity index (χ4n) is 2.62. The summed E-state index contributed by atoms with van der Waals surface area (Å²) in [5.74, 6) is 0. The second-order valence-corrected chi connectivity index (χ2v) is 8.23. The molecule has 0 bridgehead atoms. The van der Waals surface area contributed by atoms with Crippen LogP contribution in [0.15, 0.2) is 29.2 Å². The highest BCUT2D eigenvalue weighted by Gasteiger charge is 2.32. The van der Waals surface area contributed by atoms with Gasteiger partial charge in [-0.1, -0.05) is 18.2 Å². The smallest absolute Gasteiger partial charge is 0.243 e. The van der Waals surface area contributed by atoms with Crippen molar-refractivity contribution < 1.29 is 13.5 Å². The van der Waals surface area contributed by atoms with E-state index in [1.54, 1.807) is 24.3 Å². The fourth-order valence-corrected chi connectivity index (χ4v) is 4.26. The minimum atomic E-state index is -3.53. The molecule has 6 heteroatoms. The van der Waals surface area contributed by atoms with Gasteiger partial charge in [-0.05, 0) is 32.4 Å². The molecule has 1 saturated heterocycles. The highest BCUT2D eigenvalue weighted by Crippen LogP contribution is 2.23. The Hall–Kier alpha value is -0.950. The van der Waals surface area contributed by atoms with E-state index >= 15 is 0 Å². The van der Waals surface area contributed by atoms with Gasteiger partial charge in [-0.25, -0.2) is 8.42 Å². The van der Waals surface area contributed by atoms with Crippen molar-refractivity contribution >= 4 is 10.0 Å². The summed E-state index contributed by atoms with van der Waals surface area (Å²) in [5.41, 5.74) is 0.509. The second kappa shape index (κ2) is 6.04. The molecule has 0 atom stereocenters. The molecule has 0 radical (unpaired) electrons. The van der Waals surface area contributed by atoms with Crippen LogP contribution in [0.5, 0.6) is 0 Å².